The lowest BCUT2D eigenvalue weighted by atomic mass is 10.0. The molecule has 3 aromatic rings. The molecular weight excluding hydrogens is 372 g/mol. The number of benzene rings is 2. The summed E-state index contributed by atoms with van der Waals surface area (Å²) in [6, 6.07) is 15.5. The highest BCUT2D eigenvalue weighted by Crippen LogP contribution is 2.29. The minimum atomic E-state index is -0.213. The minimum Gasteiger partial charge on any atom is -0.469 e. The Morgan fingerprint density at radius 1 is 1.12 bits per heavy atom. The van der Waals surface area contributed by atoms with Gasteiger partial charge >= 0.3 is 5.97 Å². The van der Waals surface area contributed by atoms with Crippen LogP contribution in [0, 0.1) is 0 Å². The van der Waals surface area contributed by atoms with E-state index in [0.29, 0.717) is 34.7 Å². The van der Waals surface area contributed by atoms with E-state index in [2.05, 4.69) is 14.9 Å². The first-order valence-corrected chi connectivity index (χ1v) is 9.41. The fourth-order valence-electron chi connectivity index (χ4n) is 2.36. The second kappa shape index (κ2) is 8.87. The summed E-state index contributed by atoms with van der Waals surface area (Å²) >= 11 is 7.50. The Hall–Kier alpha value is -2.31. The van der Waals surface area contributed by atoms with Crippen molar-refractivity contribution in [2.45, 2.75) is 18.1 Å². The summed E-state index contributed by atoms with van der Waals surface area (Å²) in [5.74, 6) is 0.957. The Kier molecular flexibility index (Phi) is 6.30. The quantitative estimate of drug-likeness (QED) is 0.318. The highest BCUT2D eigenvalue weighted by molar-refractivity contribution is 7.99. The smallest absolute Gasteiger partial charge is 0.305 e. The topological polar surface area (TPSA) is 65.2 Å². The molecule has 0 N–H and O–H groups in total. The van der Waals surface area contributed by atoms with Crippen LogP contribution in [0.3, 0.4) is 0 Å². The van der Waals surface area contributed by atoms with Crippen molar-refractivity contribution in [3.63, 3.8) is 0 Å². The van der Waals surface area contributed by atoms with E-state index in [1.807, 2.05) is 48.5 Å². The van der Waals surface area contributed by atoms with Crippen LogP contribution in [-0.4, -0.2) is 29.0 Å². The summed E-state index contributed by atoms with van der Waals surface area (Å²) in [7, 11) is 1.39. The van der Waals surface area contributed by atoms with Crippen LogP contribution in [0.25, 0.3) is 22.6 Å². The van der Waals surface area contributed by atoms with Crippen LogP contribution in [0.4, 0.5) is 0 Å². The first-order valence-electron chi connectivity index (χ1n) is 8.05. The highest BCUT2D eigenvalue weighted by atomic mass is 35.5. The highest BCUT2D eigenvalue weighted by Gasteiger charge is 2.11. The largest absolute Gasteiger partial charge is 0.469 e. The van der Waals surface area contributed by atoms with Gasteiger partial charge in [-0.2, -0.15) is 0 Å². The Labute approximate surface area is 160 Å². The Balaban J connectivity index is 1.67. The fraction of sp³-hybridized carbons (Fsp3) is 0.211. The number of carbonyl (C=O) groups excluding carboxylic acids is 1. The molecule has 134 valence electrons. The third kappa shape index (κ3) is 4.86. The average Bonchev–Trinajstić information content (AvgIpc) is 3.14. The van der Waals surface area contributed by atoms with E-state index in [-0.39, 0.29) is 5.97 Å². The van der Waals surface area contributed by atoms with Crippen LogP contribution in [0.1, 0.15) is 12.8 Å². The molecule has 0 spiro atoms. The molecular formula is C19H17ClN2O3S. The van der Waals surface area contributed by atoms with Crippen LogP contribution < -0.4 is 0 Å². The number of aromatic nitrogens is 2. The number of thioether (sulfide) groups is 1. The summed E-state index contributed by atoms with van der Waals surface area (Å²) in [5, 5.41) is 9.34. The maximum Gasteiger partial charge on any atom is 0.305 e. The zero-order chi connectivity index (χ0) is 18.4. The van der Waals surface area contributed by atoms with Gasteiger partial charge in [0.1, 0.15) is 0 Å². The third-order valence-corrected chi connectivity index (χ3v) is 4.79. The van der Waals surface area contributed by atoms with Crippen molar-refractivity contribution in [3.05, 3.63) is 53.6 Å². The molecule has 0 atom stereocenters. The van der Waals surface area contributed by atoms with Crippen LogP contribution in [0.5, 0.6) is 0 Å². The van der Waals surface area contributed by atoms with Crippen LogP contribution in [-0.2, 0) is 9.53 Å². The first-order chi connectivity index (χ1) is 12.7. The van der Waals surface area contributed by atoms with Gasteiger partial charge < -0.3 is 9.15 Å². The van der Waals surface area contributed by atoms with Crippen molar-refractivity contribution in [3.8, 4) is 22.6 Å². The maximum atomic E-state index is 11.1. The van der Waals surface area contributed by atoms with Gasteiger partial charge in [-0.25, -0.2) is 0 Å². The maximum absolute atomic E-state index is 11.1. The lowest BCUT2D eigenvalue weighted by Crippen LogP contribution is -1.99. The molecule has 0 radical (unpaired) electrons. The van der Waals surface area contributed by atoms with E-state index in [1.165, 1.54) is 18.9 Å². The molecule has 7 heteroatoms. The van der Waals surface area contributed by atoms with E-state index >= 15 is 0 Å². The molecule has 3 rings (SSSR count). The predicted octanol–water partition coefficient (Wildman–Crippen LogP) is 5.10. The number of hydrogen-bond donors (Lipinski definition) is 0. The number of rotatable bonds is 7. The zero-order valence-electron chi connectivity index (χ0n) is 14.1. The summed E-state index contributed by atoms with van der Waals surface area (Å²) in [5.41, 5.74) is 2.89. The lowest BCUT2D eigenvalue weighted by molar-refractivity contribution is -0.140. The van der Waals surface area contributed by atoms with Gasteiger partial charge in [0.2, 0.25) is 5.89 Å². The molecule has 5 nitrogen and oxygen atoms in total. The minimum absolute atomic E-state index is 0.213. The predicted molar refractivity (Wildman–Crippen MR) is 102 cm³/mol. The summed E-state index contributed by atoms with van der Waals surface area (Å²) in [6.07, 6.45) is 1.07. The second-order valence-corrected chi connectivity index (χ2v) is 6.98. The van der Waals surface area contributed by atoms with Gasteiger partial charge in [-0.3, -0.25) is 4.79 Å². The van der Waals surface area contributed by atoms with E-state index < -0.39 is 0 Å². The molecule has 0 unspecified atom stereocenters. The van der Waals surface area contributed by atoms with Gasteiger partial charge in [-0.1, -0.05) is 47.6 Å². The fourth-order valence-corrected chi connectivity index (χ4v) is 3.25. The van der Waals surface area contributed by atoms with Gasteiger partial charge in [0.05, 0.1) is 7.11 Å². The number of halogens is 1. The van der Waals surface area contributed by atoms with E-state index in [9.17, 15) is 4.79 Å². The molecule has 0 saturated heterocycles. The number of hydrogen-bond acceptors (Lipinski definition) is 6. The van der Waals surface area contributed by atoms with Gasteiger partial charge in [-0.15, -0.1) is 10.2 Å². The molecule has 0 fully saturated rings. The second-order valence-electron chi connectivity index (χ2n) is 5.49. The molecule has 2 aromatic carbocycles. The summed E-state index contributed by atoms with van der Waals surface area (Å²) in [4.78, 5) is 11.1. The third-order valence-electron chi connectivity index (χ3n) is 3.65. The standard InChI is InChI=1S/C19H17ClN2O3S/c1-24-17(23)9-4-10-26-19-22-21-18(25-19)15-7-2-5-13(11-15)14-6-3-8-16(20)12-14/h2-3,5-8,11-12H,4,9-10H2,1H3. The molecule has 0 bridgehead atoms. The lowest BCUT2D eigenvalue weighted by Gasteiger charge is -2.03. The molecule has 0 saturated carbocycles. The van der Waals surface area contributed by atoms with Gasteiger partial charge in [0.25, 0.3) is 5.22 Å². The molecule has 0 aliphatic rings. The SMILES string of the molecule is COC(=O)CCCSc1nnc(-c2cccc(-c3cccc(Cl)c3)c2)o1. The van der Waals surface area contributed by atoms with E-state index in [1.54, 1.807) is 0 Å². The molecule has 0 aliphatic carbocycles. The molecule has 0 amide bonds. The van der Waals surface area contributed by atoms with Crippen molar-refractivity contribution in [1.29, 1.82) is 0 Å². The van der Waals surface area contributed by atoms with Gasteiger partial charge in [0.15, 0.2) is 0 Å². The first kappa shape index (κ1) is 18.5. The monoisotopic (exact) mass is 388 g/mol. The Morgan fingerprint density at radius 3 is 2.62 bits per heavy atom. The number of methoxy groups -OCH3 is 1. The average molecular weight is 389 g/mol. The number of esters is 1. The Bertz CT molecular complexity index is 898. The van der Waals surface area contributed by atoms with E-state index in [0.717, 1.165) is 16.7 Å². The van der Waals surface area contributed by atoms with Crippen molar-refractivity contribution < 1.29 is 13.9 Å². The van der Waals surface area contributed by atoms with Crippen LogP contribution >= 0.6 is 23.4 Å². The van der Waals surface area contributed by atoms with E-state index in [4.69, 9.17) is 16.0 Å². The summed E-state index contributed by atoms with van der Waals surface area (Å²) < 4.78 is 10.3. The van der Waals surface area contributed by atoms with Gasteiger partial charge in [0, 0.05) is 22.8 Å². The van der Waals surface area contributed by atoms with Crippen molar-refractivity contribution in [2.75, 3.05) is 12.9 Å². The number of carbonyl (C=O) groups is 1. The van der Waals surface area contributed by atoms with Crippen molar-refractivity contribution in [2.24, 2.45) is 0 Å². The normalized spacial score (nSPS) is 10.7. The van der Waals surface area contributed by atoms with Crippen molar-refractivity contribution >= 4 is 29.3 Å². The molecule has 0 aliphatic heterocycles. The molecule has 1 heterocycles. The van der Waals surface area contributed by atoms with Crippen LogP contribution in [0.2, 0.25) is 5.02 Å². The van der Waals surface area contributed by atoms with Gasteiger partial charge in [-0.05, 0) is 41.8 Å². The number of nitrogens with zero attached hydrogens (tertiary/aromatic N) is 2. The Morgan fingerprint density at radius 2 is 1.85 bits per heavy atom. The van der Waals surface area contributed by atoms with Crippen LogP contribution in [0.15, 0.2) is 58.2 Å². The number of ether oxygens (including phenoxy) is 1. The molecule has 1 aromatic heterocycles. The molecule has 26 heavy (non-hydrogen) atoms. The zero-order valence-corrected chi connectivity index (χ0v) is 15.7. The van der Waals surface area contributed by atoms with Crippen molar-refractivity contribution in [1.82, 2.24) is 10.2 Å². The summed E-state index contributed by atoms with van der Waals surface area (Å²) in [6.45, 7) is 0.